The summed E-state index contributed by atoms with van der Waals surface area (Å²) < 4.78 is 37.7. The molecule has 0 saturated carbocycles. The molecule has 0 saturated heterocycles. The van der Waals surface area contributed by atoms with E-state index in [1.54, 1.807) is 6.07 Å². The van der Waals surface area contributed by atoms with E-state index in [1.165, 1.54) is 19.2 Å². The number of hydrogen-bond acceptors (Lipinski definition) is 1. The van der Waals surface area contributed by atoms with Crippen molar-refractivity contribution in [1.29, 1.82) is 0 Å². The van der Waals surface area contributed by atoms with Crippen molar-refractivity contribution in [2.45, 2.75) is 13.0 Å². The van der Waals surface area contributed by atoms with Crippen molar-refractivity contribution in [2.24, 2.45) is 0 Å². The Morgan fingerprint density at radius 2 is 2.11 bits per heavy atom. The molecule has 0 heterocycles. The molecule has 18 heavy (non-hydrogen) atoms. The summed E-state index contributed by atoms with van der Waals surface area (Å²) in [6, 6.07) is 3.55. The van der Waals surface area contributed by atoms with Crippen LogP contribution in [0.25, 0.3) is 0 Å². The normalized spacial score (nSPS) is 10.6. The van der Waals surface area contributed by atoms with Crippen LogP contribution < -0.4 is 5.32 Å². The van der Waals surface area contributed by atoms with Gasteiger partial charge >= 0.3 is 6.03 Å². The van der Waals surface area contributed by atoms with Crippen LogP contribution in [0.1, 0.15) is 5.56 Å². The minimum Gasteiger partial charge on any atom is -0.334 e. The number of amides is 2. The van der Waals surface area contributed by atoms with E-state index in [4.69, 9.17) is 0 Å². The van der Waals surface area contributed by atoms with Gasteiger partial charge in [-0.3, -0.25) is 0 Å². The lowest BCUT2D eigenvalue weighted by molar-refractivity contribution is 0.108. The van der Waals surface area contributed by atoms with Crippen LogP contribution in [-0.2, 0) is 6.54 Å². The van der Waals surface area contributed by atoms with E-state index < -0.39 is 24.8 Å². The number of urea groups is 1. The smallest absolute Gasteiger partial charge is 0.317 e. The molecule has 0 aliphatic carbocycles. The molecule has 0 aliphatic heterocycles. The van der Waals surface area contributed by atoms with E-state index >= 15 is 0 Å². The third-order valence-electron chi connectivity index (χ3n) is 2.12. The van der Waals surface area contributed by atoms with Gasteiger partial charge in [0.15, 0.2) is 0 Å². The molecule has 0 spiro atoms. The number of benzene rings is 1. The first-order valence-corrected chi connectivity index (χ1v) is 5.90. The number of halogens is 4. The molecule has 100 valence electrons. The highest BCUT2D eigenvalue weighted by Crippen LogP contribution is 2.14. The van der Waals surface area contributed by atoms with E-state index in [0.717, 1.165) is 4.90 Å². The summed E-state index contributed by atoms with van der Waals surface area (Å²) in [5, 5.41) is 2.42. The molecule has 0 aromatic heterocycles. The van der Waals surface area contributed by atoms with Crippen molar-refractivity contribution in [3.8, 4) is 0 Å². The zero-order chi connectivity index (χ0) is 13.7. The molecular weight excluding hydrogens is 313 g/mol. The van der Waals surface area contributed by atoms with Crippen LogP contribution in [0.2, 0.25) is 0 Å². The second-order valence-corrected chi connectivity index (χ2v) is 4.62. The van der Waals surface area contributed by atoms with Gasteiger partial charge in [-0.15, -0.1) is 0 Å². The Kier molecular flexibility index (Phi) is 5.46. The fourth-order valence-corrected chi connectivity index (χ4v) is 1.83. The summed E-state index contributed by atoms with van der Waals surface area (Å²) in [7, 11) is 1.27. The summed E-state index contributed by atoms with van der Waals surface area (Å²) in [5.74, 6) is -0.436. The first kappa shape index (κ1) is 14.8. The van der Waals surface area contributed by atoms with Gasteiger partial charge in [0, 0.05) is 18.1 Å². The Morgan fingerprint density at radius 3 is 2.67 bits per heavy atom. The zero-order valence-corrected chi connectivity index (χ0v) is 11.2. The lowest BCUT2D eigenvalue weighted by atomic mass is 10.2. The average Bonchev–Trinajstić information content (AvgIpc) is 2.23. The Morgan fingerprint density at radius 1 is 1.44 bits per heavy atom. The second kappa shape index (κ2) is 6.63. The van der Waals surface area contributed by atoms with E-state index in [0.29, 0.717) is 10.0 Å². The number of hydrogen-bond donors (Lipinski definition) is 1. The molecular formula is C11H12BrF3N2O. The number of alkyl halides is 2. The fraction of sp³-hybridized carbons (Fsp3) is 0.364. The van der Waals surface area contributed by atoms with E-state index in [-0.39, 0.29) is 6.54 Å². The van der Waals surface area contributed by atoms with Gasteiger partial charge in [0.25, 0.3) is 6.43 Å². The largest absolute Gasteiger partial charge is 0.334 e. The van der Waals surface area contributed by atoms with Gasteiger partial charge in [0.2, 0.25) is 0 Å². The molecule has 0 radical (unpaired) electrons. The topological polar surface area (TPSA) is 32.3 Å². The first-order chi connectivity index (χ1) is 8.38. The van der Waals surface area contributed by atoms with Crippen LogP contribution >= 0.6 is 15.9 Å². The van der Waals surface area contributed by atoms with Crippen LogP contribution in [0.3, 0.4) is 0 Å². The molecule has 1 aromatic carbocycles. The van der Waals surface area contributed by atoms with Crippen molar-refractivity contribution in [1.82, 2.24) is 10.2 Å². The van der Waals surface area contributed by atoms with Gasteiger partial charge in [-0.05, 0) is 23.8 Å². The van der Waals surface area contributed by atoms with E-state index in [9.17, 15) is 18.0 Å². The Hall–Kier alpha value is -1.24. The molecule has 0 atom stereocenters. The Balaban J connectivity index is 2.52. The molecule has 0 aliphatic rings. The average molecular weight is 325 g/mol. The standard InChI is InChI=1S/C11H12BrF3N2O/c1-17(6-10(14)15)11(18)16-5-7-2-8(12)4-9(13)3-7/h2-4,10H,5-6H2,1H3,(H,16,18). The molecule has 2 amide bonds. The maximum atomic E-state index is 13.0. The lowest BCUT2D eigenvalue weighted by Crippen LogP contribution is -2.39. The molecule has 1 N–H and O–H groups in total. The third-order valence-corrected chi connectivity index (χ3v) is 2.58. The predicted molar refractivity (Wildman–Crippen MR) is 65.0 cm³/mol. The van der Waals surface area contributed by atoms with E-state index in [1.807, 2.05) is 0 Å². The number of carbonyl (C=O) groups excluding carboxylic acids is 1. The fourth-order valence-electron chi connectivity index (χ4n) is 1.32. The van der Waals surface area contributed by atoms with Gasteiger partial charge in [-0.1, -0.05) is 15.9 Å². The molecule has 7 heteroatoms. The molecule has 0 bridgehead atoms. The monoisotopic (exact) mass is 324 g/mol. The number of nitrogens with zero attached hydrogens (tertiary/aromatic N) is 1. The predicted octanol–water partition coefficient (Wildman–Crippen LogP) is 2.99. The van der Waals surface area contributed by atoms with Crippen LogP contribution in [0.4, 0.5) is 18.0 Å². The van der Waals surface area contributed by atoms with Crippen molar-refractivity contribution < 1.29 is 18.0 Å². The van der Waals surface area contributed by atoms with Crippen LogP contribution in [-0.4, -0.2) is 30.9 Å². The molecule has 1 rings (SSSR count). The van der Waals surface area contributed by atoms with Crippen molar-refractivity contribution in [3.63, 3.8) is 0 Å². The second-order valence-electron chi connectivity index (χ2n) is 3.71. The SMILES string of the molecule is CN(CC(F)F)C(=O)NCc1cc(F)cc(Br)c1. The van der Waals surface area contributed by atoms with Crippen molar-refractivity contribution >= 4 is 22.0 Å². The highest BCUT2D eigenvalue weighted by Gasteiger charge is 2.13. The maximum absolute atomic E-state index is 13.0. The van der Waals surface area contributed by atoms with Crippen LogP contribution in [0, 0.1) is 5.82 Å². The molecule has 0 unspecified atom stereocenters. The van der Waals surface area contributed by atoms with Gasteiger partial charge in [0.1, 0.15) is 5.82 Å². The molecule has 3 nitrogen and oxygen atoms in total. The minimum atomic E-state index is -2.58. The first-order valence-electron chi connectivity index (χ1n) is 5.10. The highest BCUT2D eigenvalue weighted by molar-refractivity contribution is 9.10. The van der Waals surface area contributed by atoms with Gasteiger partial charge in [-0.2, -0.15) is 0 Å². The van der Waals surface area contributed by atoms with Crippen LogP contribution in [0.15, 0.2) is 22.7 Å². The Labute approximate surface area is 111 Å². The maximum Gasteiger partial charge on any atom is 0.317 e. The minimum absolute atomic E-state index is 0.0722. The van der Waals surface area contributed by atoms with Gasteiger partial charge in [-0.25, -0.2) is 18.0 Å². The highest BCUT2D eigenvalue weighted by atomic mass is 79.9. The number of carbonyl (C=O) groups is 1. The summed E-state index contributed by atoms with van der Waals surface area (Å²) >= 11 is 3.12. The van der Waals surface area contributed by atoms with Gasteiger partial charge in [0.05, 0.1) is 6.54 Å². The summed E-state index contributed by atoms with van der Waals surface area (Å²) in [6.07, 6.45) is -2.58. The number of nitrogens with one attached hydrogen (secondary N) is 1. The summed E-state index contributed by atoms with van der Waals surface area (Å²) in [5.41, 5.74) is 0.542. The lowest BCUT2D eigenvalue weighted by Gasteiger charge is -2.17. The van der Waals surface area contributed by atoms with E-state index in [2.05, 4.69) is 21.2 Å². The number of rotatable bonds is 4. The summed E-state index contributed by atoms with van der Waals surface area (Å²) in [4.78, 5) is 12.3. The van der Waals surface area contributed by atoms with Crippen molar-refractivity contribution in [2.75, 3.05) is 13.6 Å². The third kappa shape index (κ3) is 4.95. The van der Waals surface area contributed by atoms with Gasteiger partial charge < -0.3 is 10.2 Å². The van der Waals surface area contributed by atoms with Crippen molar-refractivity contribution in [3.05, 3.63) is 34.1 Å². The van der Waals surface area contributed by atoms with Crippen LogP contribution in [0.5, 0.6) is 0 Å². The summed E-state index contributed by atoms with van der Waals surface area (Å²) in [6.45, 7) is -0.568. The Bertz CT molecular complexity index is 408. The zero-order valence-electron chi connectivity index (χ0n) is 9.59. The quantitative estimate of drug-likeness (QED) is 0.907. The molecule has 0 fully saturated rings. The molecule has 1 aromatic rings.